The zero-order valence-electron chi connectivity index (χ0n) is 15.6. The van der Waals surface area contributed by atoms with Crippen molar-refractivity contribution in [2.75, 3.05) is 39.0 Å². The number of nitrogens with one attached hydrogen (secondary N) is 1. The lowest BCUT2D eigenvalue weighted by atomic mass is 9.95. The molecule has 8 heteroatoms. The zero-order chi connectivity index (χ0) is 18.7. The van der Waals surface area contributed by atoms with Gasteiger partial charge in [-0.3, -0.25) is 4.79 Å². The second-order valence-electron chi connectivity index (χ2n) is 6.75. The normalized spacial score (nSPS) is 14.9. The van der Waals surface area contributed by atoms with Crippen molar-refractivity contribution in [1.82, 2.24) is 24.8 Å². The maximum absolute atomic E-state index is 12.1. The third kappa shape index (κ3) is 4.64. The van der Waals surface area contributed by atoms with Crippen molar-refractivity contribution in [2.45, 2.75) is 19.8 Å². The fourth-order valence-corrected chi connectivity index (χ4v) is 3.40. The summed E-state index contributed by atoms with van der Waals surface area (Å²) >= 11 is 1.55. The summed E-state index contributed by atoms with van der Waals surface area (Å²) in [6, 6.07) is 1.96. The van der Waals surface area contributed by atoms with Crippen molar-refractivity contribution in [2.24, 2.45) is 0 Å². The van der Waals surface area contributed by atoms with Crippen LogP contribution in [0.2, 0.25) is 0 Å². The van der Waals surface area contributed by atoms with E-state index in [1.165, 1.54) is 0 Å². The van der Waals surface area contributed by atoms with Crippen molar-refractivity contribution < 1.29 is 4.79 Å². The number of aryl methyl sites for hydroxylation is 2. The van der Waals surface area contributed by atoms with Crippen molar-refractivity contribution in [3.63, 3.8) is 0 Å². The van der Waals surface area contributed by atoms with E-state index in [-0.39, 0.29) is 11.8 Å². The van der Waals surface area contributed by atoms with Crippen LogP contribution in [0.3, 0.4) is 0 Å². The summed E-state index contributed by atoms with van der Waals surface area (Å²) in [6.45, 7) is 5.99. The van der Waals surface area contributed by atoms with Crippen LogP contribution in [0.5, 0.6) is 0 Å². The number of rotatable bonds is 6. The van der Waals surface area contributed by atoms with Crippen molar-refractivity contribution in [3.8, 4) is 0 Å². The Morgan fingerprint density at radius 1 is 1.35 bits per heavy atom. The first-order chi connectivity index (χ1) is 12.4. The van der Waals surface area contributed by atoms with Crippen LogP contribution in [0.1, 0.15) is 23.1 Å². The Kier molecular flexibility index (Phi) is 5.63. The van der Waals surface area contributed by atoms with Gasteiger partial charge in [-0.15, -0.1) is 11.3 Å². The molecule has 7 nitrogen and oxygen atoms in total. The van der Waals surface area contributed by atoms with Gasteiger partial charge in [-0.1, -0.05) is 6.08 Å². The Hall–Kier alpha value is -2.32. The van der Waals surface area contributed by atoms with Gasteiger partial charge in [0.15, 0.2) is 5.13 Å². The summed E-state index contributed by atoms with van der Waals surface area (Å²) in [7, 11) is 3.95. The first-order valence-corrected chi connectivity index (χ1v) is 9.43. The molecule has 0 saturated carbocycles. The van der Waals surface area contributed by atoms with Gasteiger partial charge in [0.1, 0.15) is 11.6 Å². The van der Waals surface area contributed by atoms with Crippen molar-refractivity contribution in [3.05, 3.63) is 40.8 Å². The van der Waals surface area contributed by atoms with E-state index in [1.807, 2.05) is 55.3 Å². The Morgan fingerprint density at radius 3 is 2.77 bits per heavy atom. The molecular formula is C18H24N6OS. The number of anilines is 2. The SMILES string of the molecule is Cc1csc(Nc2cc(C3CN(C(=O)/C=C/CN(C)C)C3)nc(C)n2)n1. The third-order valence-electron chi connectivity index (χ3n) is 4.05. The monoisotopic (exact) mass is 372 g/mol. The smallest absolute Gasteiger partial charge is 0.246 e. The van der Waals surface area contributed by atoms with E-state index in [4.69, 9.17) is 0 Å². The molecule has 2 aromatic heterocycles. The number of carbonyl (C=O) groups excluding carboxylic acids is 1. The first kappa shape index (κ1) is 18.5. The number of aromatic nitrogens is 3. The third-order valence-corrected chi connectivity index (χ3v) is 4.93. The minimum atomic E-state index is 0.0606. The lowest BCUT2D eigenvalue weighted by Crippen LogP contribution is -2.48. The molecule has 0 unspecified atom stereocenters. The van der Waals surface area contributed by atoms with Crippen LogP contribution in [0.4, 0.5) is 10.9 Å². The van der Waals surface area contributed by atoms with Gasteiger partial charge in [0.25, 0.3) is 0 Å². The van der Waals surface area contributed by atoms with Gasteiger partial charge in [-0.05, 0) is 27.9 Å². The Balaban J connectivity index is 1.60. The molecule has 0 spiro atoms. The molecule has 138 valence electrons. The summed E-state index contributed by atoms with van der Waals surface area (Å²) in [6.07, 6.45) is 3.54. The summed E-state index contributed by atoms with van der Waals surface area (Å²) in [5.74, 6) is 1.78. The standard InChI is InChI=1S/C18H24N6OS/c1-12-11-26-18(19-12)22-16-8-15(20-13(2)21-16)14-9-24(10-14)17(25)6-5-7-23(3)4/h5-6,8,11,14H,7,9-10H2,1-4H3,(H,19,20,21,22)/b6-5+. The number of likely N-dealkylation sites (N-methyl/N-ethyl adjacent to an activating group) is 1. The number of nitrogens with zero attached hydrogens (tertiary/aromatic N) is 5. The molecule has 0 bridgehead atoms. The maximum atomic E-state index is 12.1. The fraction of sp³-hybridized carbons (Fsp3) is 0.444. The van der Waals surface area contributed by atoms with Gasteiger partial charge in [-0.2, -0.15) is 0 Å². The van der Waals surface area contributed by atoms with E-state index in [0.717, 1.165) is 28.9 Å². The van der Waals surface area contributed by atoms with E-state index in [9.17, 15) is 4.79 Å². The largest absolute Gasteiger partial charge is 0.338 e. The molecule has 0 aromatic carbocycles. The topological polar surface area (TPSA) is 74.2 Å². The van der Waals surface area contributed by atoms with Gasteiger partial charge >= 0.3 is 0 Å². The minimum absolute atomic E-state index is 0.0606. The number of carbonyl (C=O) groups is 1. The van der Waals surface area contributed by atoms with Crippen LogP contribution >= 0.6 is 11.3 Å². The molecule has 3 rings (SSSR count). The zero-order valence-corrected chi connectivity index (χ0v) is 16.4. The Labute approximate surface area is 157 Å². The highest BCUT2D eigenvalue weighted by Gasteiger charge is 2.32. The second-order valence-corrected chi connectivity index (χ2v) is 7.61. The number of hydrogen-bond donors (Lipinski definition) is 1. The molecular weight excluding hydrogens is 348 g/mol. The second kappa shape index (κ2) is 7.92. The van der Waals surface area contributed by atoms with Crippen LogP contribution in [0, 0.1) is 13.8 Å². The van der Waals surface area contributed by atoms with Gasteiger partial charge in [0.2, 0.25) is 5.91 Å². The van der Waals surface area contributed by atoms with E-state index in [0.29, 0.717) is 18.9 Å². The van der Waals surface area contributed by atoms with Crippen molar-refractivity contribution >= 4 is 28.2 Å². The highest BCUT2D eigenvalue weighted by atomic mass is 32.1. The molecule has 2 aromatic rings. The van der Waals surface area contributed by atoms with E-state index in [1.54, 1.807) is 17.4 Å². The molecule has 1 N–H and O–H groups in total. The fourth-order valence-electron chi connectivity index (χ4n) is 2.70. The Bertz CT molecular complexity index is 810. The molecule has 1 aliphatic heterocycles. The quantitative estimate of drug-likeness (QED) is 0.785. The molecule has 0 aliphatic carbocycles. The highest BCUT2D eigenvalue weighted by Crippen LogP contribution is 2.28. The molecule has 1 amide bonds. The van der Waals surface area contributed by atoms with Crippen LogP contribution in [0.15, 0.2) is 23.6 Å². The summed E-state index contributed by atoms with van der Waals surface area (Å²) in [4.78, 5) is 29.4. The maximum Gasteiger partial charge on any atom is 0.246 e. The van der Waals surface area contributed by atoms with Gasteiger partial charge in [-0.25, -0.2) is 15.0 Å². The predicted molar refractivity (Wildman–Crippen MR) is 104 cm³/mol. The molecule has 3 heterocycles. The van der Waals surface area contributed by atoms with Gasteiger partial charge in [0, 0.05) is 43.1 Å². The van der Waals surface area contributed by atoms with Crippen molar-refractivity contribution in [1.29, 1.82) is 0 Å². The number of likely N-dealkylation sites (tertiary alicyclic amines) is 1. The predicted octanol–water partition coefficient (Wildman–Crippen LogP) is 2.34. The number of hydrogen-bond acceptors (Lipinski definition) is 7. The summed E-state index contributed by atoms with van der Waals surface area (Å²) in [5.41, 5.74) is 1.95. The molecule has 1 aliphatic rings. The molecule has 26 heavy (non-hydrogen) atoms. The molecule has 1 saturated heterocycles. The van der Waals surface area contributed by atoms with Crippen LogP contribution in [-0.4, -0.2) is 64.4 Å². The van der Waals surface area contributed by atoms with Crippen LogP contribution < -0.4 is 5.32 Å². The molecule has 0 atom stereocenters. The van der Waals surface area contributed by atoms with Crippen LogP contribution in [0.25, 0.3) is 0 Å². The van der Waals surface area contributed by atoms with Crippen LogP contribution in [-0.2, 0) is 4.79 Å². The lowest BCUT2D eigenvalue weighted by molar-refractivity contribution is -0.130. The number of amides is 1. The van der Waals surface area contributed by atoms with E-state index < -0.39 is 0 Å². The minimum Gasteiger partial charge on any atom is -0.338 e. The Morgan fingerprint density at radius 2 is 2.12 bits per heavy atom. The molecule has 1 fully saturated rings. The first-order valence-electron chi connectivity index (χ1n) is 8.55. The van der Waals surface area contributed by atoms with Gasteiger partial charge in [0.05, 0.1) is 11.4 Å². The summed E-state index contributed by atoms with van der Waals surface area (Å²) in [5, 5.41) is 6.06. The van der Waals surface area contributed by atoms with E-state index >= 15 is 0 Å². The van der Waals surface area contributed by atoms with Gasteiger partial charge < -0.3 is 15.1 Å². The average molecular weight is 372 g/mol. The van der Waals surface area contributed by atoms with E-state index in [2.05, 4.69) is 20.3 Å². The highest BCUT2D eigenvalue weighted by molar-refractivity contribution is 7.13. The average Bonchev–Trinajstić information content (AvgIpc) is 2.90. The lowest BCUT2D eigenvalue weighted by Gasteiger charge is -2.38. The molecule has 0 radical (unpaired) electrons. The number of thiazole rings is 1. The summed E-state index contributed by atoms with van der Waals surface area (Å²) < 4.78 is 0.